The summed E-state index contributed by atoms with van der Waals surface area (Å²) in [6, 6.07) is 8.86. The minimum Gasteiger partial charge on any atom is -0.495 e. The summed E-state index contributed by atoms with van der Waals surface area (Å²) in [5.74, 6) is 1.98. The van der Waals surface area contributed by atoms with Gasteiger partial charge in [-0.3, -0.25) is 0 Å². The average Bonchev–Trinajstić information content (AvgIpc) is 2.94. The number of rotatable bonds is 7. The first-order valence-electron chi connectivity index (χ1n) is 13.1. The third-order valence-electron chi connectivity index (χ3n) is 7.38. The predicted octanol–water partition coefficient (Wildman–Crippen LogP) is 5.66. The van der Waals surface area contributed by atoms with Crippen LogP contribution in [-0.2, 0) is 17.3 Å². The van der Waals surface area contributed by atoms with Gasteiger partial charge in [0.1, 0.15) is 12.9 Å². The molecule has 5 rings (SSSR count). The minimum absolute atomic E-state index is 0.137. The summed E-state index contributed by atoms with van der Waals surface area (Å²) < 4.78 is 59.2. The lowest BCUT2D eigenvalue weighted by molar-refractivity contribution is -0.137. The molecule has 2 aliphatic rings. The van der Waals surface area contributed by atoms with Crippen LogP contribution in [0.2, 0.25) is 5.02 Å². The molecule has 0 radical (unpaired) electrons. The van der Waals surface area contributed by atoms with Crippen molar-refractivity contribution in [2.45, 2.75) is 19.6 Å². The van der Waals surface area contributed by atoms with Crippen LogP contribution in [0.1, 0.15) is 18.1 Å². The lowest BCUT2D eigenvalue weighted by atomic mass is 10.1. The molecule has 0 amide bonds. The number of hydrogen-bond acceptors (Lipinski definition) is 8. The van der Waals surface area contributed by atoms with Gasteiger partial charge in [0.15, 0.2) is 17.5 Å². The fourth-order valence-corrected chi connectivity index (χ4v) is 7.84. The zero-order valence-corrected chi connectivity index (χ0v) is 23.9. The number of nitrogens with one attached hydrogen (secondary N) is 2. The number of halogens is 4. The normalized spacial score (nSPS) is 17.2. The summed E-state index contributed by atoms with van der Waals surface area (Å²) >= 11 is 6.26. The fourth-order valence-electron chi connectivity index (χ4n) is 5.01. The Hall–Kier alpha value is -3.01. The van der Waals surface area contributed by atoms with E-state index in [4.69, 9.17) is 21.3 Å². The second kappa shape index (κ2) is 11.5. The molecule has 0 bridgehead atoms. The summed E-state index contributed by atoms with van der Waals surface area (Å²) in [6.45, 7) is 5.89. The molecule has 8 nitrogen and oxygen atoms in total. The van der Waals surface area contributed by atoms with Crippen molar-refractivity contribution in [3.05, 3.63) is 58.7 Å². The van der Waals surface area contributed by atoms with Crippen molar-refractivity contribution < 1.29 is 22.5 Å². The number of anilines is 4. The highest BCUT2D eigenvalue weighted by Crippen LogP contribution is 2.47. The summed E-state index contributed by atoms with van der Waals surface area (Å²) in [7, 11) is -0.950. The number of methoxy groups -OCH3 is 1. The van der Waals surface area contributed by atoms with Gasteiger partial charge in [0, 0.05) is 55.4 Å². The molecule has 0 atom stereocenters. The van der Waals surface area contributed by atoms with Crippen molar-refractivity contribution >= 4 is 47.2 Å². The molecular formula is C27H31ClF3N6O2P. The molecule has 2 aromatic carbocycles. The van der Waals surface area contributed by atoms with Crippen molar-refractivity contribution in [3.63, 3.8) is 0 Å². The molecule has 2 N–H and O–H groups in total. The van der Waals surface area contributed by atoms with Gasteiger partial charge in [-0.25, -0.2) is 9.97 Å². The Morgan fingerprint density at radius 3 is 2.62 bits per heavy atom. The van der Waals surface area contributed by atoms with Crippen molar-refractivity contribution in [2.24, 2.45) is 0 Å². The van der Waals surface area contributed by atoms with E-state index < -0.39 is 18.9 Å². The lowest BCUT2D eigenvalue weighted by Gasteiger charge is -2.32. The molecule has 1 aromatic heterocycles. The second-order valence-corrected chi connectivity index (χ2v) is 13.5. The minimum atomic E-state index is -4.47. The zero-order chi connectivity index (χ0) is 28.5. The van der Waals surface area contributed by atoms with Crippen LogP contribution in [0.3, 0.4) is 0 Å². The standard InChI is InChI=1S/C27H31ClF3N6O2P/c1-3-36-10-12-40(38,13-11-36)20-5-7-22(23(15-20)39-2)34-24-16-33-25-26(35-24)37(9-8-32-25)17-18-14-19(27(29,30)31)4-6-21(18)28/h4-7,14-16H,3,8-13,17H2,1-2H3,(H,32,33)(H,34,35). The maximum Gasteiger partial charge on any atom is 0.416 e. The topological polar surface area (TPSA) is 82.6 Å². The van der Waals surface area contributed by atoms with Gasteiger partial charge in [-0.2, -0.15) is 13.2 Å². The maximum absolute atomic E-state index is 13.7. The number of benzene rings is 2. The van der Waals surface area contributed by atoms with Crippen molar-refractivity contribution in [1.29, 1.82) is 0 Å². The molecule has 40 heavy (non-hydrogen) atoms. The van der Waals surface area contributed by atoms with E-state index in [0.717, 1.165) is 37.1 Å². The number of fused-ring (bicyclic) bond motifs is 1. The van der Waals surface area contributed by atoms with Gasteiger partial charge < -0.3 is 29.7 Å². The van der Waals surface area contributed by atoms with Crippen LogP contribution in [0.25, 0.3) is 0 Å². The molecule has 3 heterocycles. The highest BCUT2D eigenvalue weighted by atomic mass is 35.5. The molecule has 214 valence electrons. The Bertz CT molecular complexity index is 1430. The molecule has 13 heteroatoms. The lowest BCUT2D eigenvalue weighted by Crippen LogP contribution is -2.36. The van der Waals surface area contributed by atoms with Crippen molar-refractivity contribution in [1.82, 2.24) is 14.9 Å². The number of ether oxygens (including phenoxy) is 1. The van der Waals surface area contributed by atoms with Gasteiger partial charge in [0.25, 0.3) is 0 Å². The van der Waals surface area contributed by atoms with E-state index in [2.05, 4.69) is 27.4 Å². The first kappa shape index (κ1) is 28.5. The number of alkyl halides is 3. The highest BCUT2D eigenvalue weighted by molar-refractivity contribution is 7.71. The Labute approximate surface area is 236 Å². The van der Waals surface area contributed by atoms with Crippen LogP contribution in [0.4, 0.5) is 36.3 Å². The Balaban J connectivity index is 1.38. The summed E-state index contributed by atoms with van der Waals surface area (Å²) in [4.78, 5) is 13.3. The molecule has 2 aliphatic heterocycles. The average molecular weight is 595 g/mol. The quantitative estimate of drug-likeness (QED) is 0.339. The van der Waals surface area contributed by atoms with Crippen LogP contribution in [-0.4, -0.2) is 67.0 Å². The van der Waals surface area contributed by atoms with Gasteiger partial charge in [0.05, 0.1) is 24.6 Å². The number of nitrogens with zero attached hydrogens (tertiary/aromatic N) is 4. The van der Waals surface area contributed by atoms with Gasteiger partial charge in [0.2, 0.25) is 0 Å². The van der Waals surface area contributed by atoms with Crippen LogP contribution in [0.15, 0.2) is 42.6 Å². The molecule has 3 aromatic rings. The summed E-state index contributed by atoms with van der Waals surface area (Å²) in [6.07, 6.45) is -1.60. The molecule has 1 saturated heterocycles. The molecule has 0 aliphatic carbocycles. The SMILES string of the molecule is CCN1CCP(=O)(c2ccc(Nc3cnc4c(n3)N(Cc3cc(C(F)(F)F)ccc3Cl)CCN4)c(OC)c2)CC1. The van der Waals surface area contributed by atoms with Gasteiger partial charge in [-0.05, 0) is 48.5 Å². The van der Waals surface area contributed by atoms with E-state index >= 15 is 0 Å². The summed E-state index contributed by atoms with van der Waals surface area (Å²) in [5, 5.41) is 7.46. The Kier molecular flexibility index (Phi) is 8.17. The highest BCUT2D eigenvalue weighted by Gasteiger charge is 2.32. The zero-order valence-electron chi connectivity index (χ0n) is 22.3. The first-order valence-corrected chi connectivity index (χ1v) is 15.5. The maximum atomic E-state index is 13.7. The monoisotopic (exact) mass is 594 g/mol. The number of hydrogen-bond donors (Lipinski definition) is 2. The molecular weight excluding hydrogens is 564 g/mol. The van der Waals surface area contributed by atoms with Gasteiger partial charge in [-0.15, -0.1) is 0 Å². The predicted molar refractivity (Wildman–Crippen MR) is 153 cm³/mol. The molecule has 0 unspecified atom stereocenters. The van der Waals surface area contributed by atoms with Crippen LogP contribution in [0.5, 0.6) is 5.75 Å². The van der Waals surface area contributed by atoms with E-state index in [0.29, 0.717) is 59.9 Å². The summed E-state index contributed by atoms with van der Waals surface area (Å²) in [5.41, 5.74) is 0.231. The second-order valence-electron chi connectivity index (χ2n) is 9.86. The van der Waals surface area contributed by atoms with Crippen LogP contribution < -0.4 is 25.6 Å². The Morgan fingerprint density at radius 2 is 1.93 bits per heavy atom. The molecule has 1 fully saturated rings. The molecule has 0 spiro atoms. The number of aromatic nitrogens is 2. The third-order valence-corrected chi connectivity index (χ3v) is 10.8. The van der Waals surface area contributed by atoms with Crippen molar-refractivity contribution in [2.75, 3.05) is 67.7 Å². The van der Waals surface area contributed by atoms with E-state index in [1.54, 1.807) is 13.3 Å². The van der Waals surface area contributed by atoms with Crippen molar-refractivity contribution in [3.8, 4) is 5.75 Å². The van der Waals surface area contributed by atoms with E-state index in [9.17, 15) is 17.7 Å². The first-order chi connectivity index (χ1) is 19.1. The molecule has 0 saturated carbocycles. The smallest absolute Gasteiger partial charge is 0.416 e. The van der Waals surface area contributed by atoms with Gasteiger partial charge in [-0.1, -0.05) is 18.5 Å². The van der Waals surface area contributed by atoms with E-state index in [1.165, 1.54) is 6.07 Å². The largest absolute Gasteiger partial charge is 0.495 e. The fraction of sp³-hybridized carbons (Fsp3) is 0.407. The third kappa shape index (κ3) is 6.01. The van der Waals surface area contributed by atoms with Crippen LogP contribution in [0, 0.1) is 0 Å². The van der Waals surface area contributed by atoms with E-state index in [-0.39, 0.29) is 11.6 Å². The van der Waals surface area contributed by atoms with Gasteiger partial charge >= 0.3 is 6.18 Å². The van der Waals surface area contributed by atoms with E-state index in [1.807, 2.05) is 23.1 Å². The van der Waals surface area contributed by atoms with Crippen LogP contribution >= 0.6 is 18.7 Å². The Morgan fingerprint density at radius 1 is 1.15 bits per heavy atom.